The molecule has 1 fully saturated rings. The van der Waals surface area contributed by atoms with E-state index in [4.69, 9.17) is 4.74 Å². The number of rotatable bonds is 3. The first-order valence-electron chi connectivity index (χ1n) is 5.45. The zero-order valence-corrected chi connectivity index (χ0v) is 9.66. The molecule has 2 unspecified atom stereocenters. The van der Waals surface area contributed by atoms with Gasteiger partial charge < -0.3 is 9.64 Å². The lowest BCUT2D eigenvalue weighted by Crippen LogP contribution is -2.29. The summed E-state index contributed by atoms with van der Waals surface area (Å²) in [4.78, 5) is 24.8. The average Bonchev–Trinajstić information content (AvgIpc) is 2.60. The largest absolute Gasteiger partial charge is 0.469 e. The number of hydrogen-bond acceptors (Lipinski definition) is 3. The average molecular weight is 213 g/mol. The predicted octanol–water partition coefficient (Wildman–Crippen LogP) is 1.05. The fourth-order valence-corrected chi connectivity index (χ4v) is 2.00. The van der Waals surface area contributed by atoms with Crippen molar-refractivity contribution in [1.82, 2.24) is 4.90 Å². The number of amides is 1. The van der Waals surface area contributed by atoms with E-state index in [0.717, 1.165) is 6.42 Å². The van der Waals surface area contributed by atoms with Gasteiger partial charge in [-0.3, -0.25) is 9.59 Å². The Labute approximate surface area is 90.6 Å². The molecule has 15 heavy (non-hydrogen) atoms. The molecule has 4 heteroatoms. The van der Waals surface area contributed by atoms with Crippen LogP contribution in [0.25, 0.3) is 0 Å². The molecule has 86 valence electrons. The summed E-state index contributed by atoms with van der Waals surface area (Å²) >= 11 is 0. The summed E-state index contributed by atoms with van der Waals surface area (Å²) in [5, 5.41) is 0. The molecule has 0 bridgehead atoms. The SMILES string of the molecule is CCCC(=O)N1CC(C)C(C(=O)OC)C1. The molecular weight excluding hydrogens is 194 g/mol. The molecule has 0 aromatic heterocycles. The van der Waals surface area contributed by atoms with E-state index < -0.39 is 0 Å². The molecule has 1 rings (SSSR count). The third-order valence-corrected chi connectivity index (χ3v) is 2.93. The first kappa shape index (κ1) is 12.0. The lowest BCUT2D eigenvalue weighted by Gasteiger charge is -2.15. The Bertz CT molecular complexity index is 252. The van der Waals surface area contributed by atoms with Crippen molar-refractivity contribution in [2.24, 2.45) is 11.8 Å². The molecular formula is C11H19NO3. The molecule has 1 aliphatic heterocycles. The minimum atomic E-state index is -0.200. The fraction of sp³-hybridized carbons (Fsp3) is 0.818. The molecule has 0 spiro atoms. The van der Waals surface area contributed by atoms with Gasteiger partial charge in [0.2, 0.25) is 5.91 Å². The first-order chi connectivity index (χ1) is 7.10. The van der Waals surface area contributed by atoms with Gasteiger partial charge in [-0.1, -0.05) is 13.8 Å². The maximum absolute atomic E-state index is 11.6. The van der Waals surface area contributed by atoms with E-state index in [1.807, 2.05) is 13.8 Å². The summed E-state index contributed by atoms with van der Waals surface area (Å²) < 4.78 is 4.72. The number of ether oxygens (including phenoxy) is 1. The quantitative estimate of drug-likeness (QED) is 0.658. The molecule has 1 aliphatic rings. The van der Waals surface area contributed by atoms with Crippen molar-refractivity contribution in [1.29, 1.82) is 0 Å². The molecule has 0 aromatic carbocycles. The van der Waals surface area contributed by atoms with E-state index in [1.54, 1.807) is 4.90 Å². The number of methoxy groups -OCH3 is 1. The van der Waals surface area contributed by atoms with Gasteiger partial charge in [0.15, 0.2) is 0 Å². The maximum Gasteiger partial charge on any atom is 0.310 e. The van der Waals surface area contributed by atoms with Gasteiger partial charge in [0.1, 0.15) is 0 Å². The van der Waals surface area contributed by atoms with Gasteiger partial charge in [0.25, 0.3) is 0 Å². The molecule has 0 aromatic rings. The predicted molar refractivity (Wildman–Crippen MR) is 56.2 cm³/mol. The summed E-state index contributed by atoms with van der Waals surface area (Å²) in [6.07, 6.45) is 1.42. The summed E-state index contributed by atoms with van der Waals surface area (Å²) in [6, 6.07) is 0. The van der Waals surface area contributed by atoms with Crippen LogP contribution in [0.3, 0.4) is 0 Å². The molecule has 0 aliphatic carbocycles. The van der Waals surface area contributed by atoms with Crippen LogP contribution in [0.4, 0.5) is 0 Å². The second kappa shape index (κ2) is 5.14. The molecule has 0 N–H and O–H groups in total. The molecule has 2 atom stereocenters. The third kappa shape index (κ3) is 2.70. The van der Waals surface area contributed by atoms with E-state index in [-0.39, 0.29) is 23.7 Å². The van der Waals surface area contributed by atoms with Gasteiger partial charge in [-0.25, -0.2) is 0 Å². The van der Waals surface area contributed by atoms with Crippen molar-refractivity contribution in [2.75, 3.05) is 20.2 Å². The lowest BCUT2D eigenvalue weighted by molar-refractivity contribution is -0.146. The zero-order chi connectivity index (χ0) is 11.4. The Balaban J connectivity index is 2.55. The van der Waals surface area contributed by atoms with Gasteiger partial charge in [-0.05, 0) is 12.3 Å². The topological polar surface area (TPSA) is 46.6 Å². The fourth-order valence-electron chi connectivity index (χ4n) is 2.00. The number of esters is 1. The van der Waals surface area contributed by atoms with E-state index in [2.05, 4.69) is 0 Å². The minimum absolute atomic E-state index is 0.143. The van der Waals surface area contributed by atoms with Crippen LogP contribution in [-0.4, -0.2) is 37.0 Å². The summed E-state index contributed by atoms with van der Waals surface area (Å²) in [7, 11) is 1.39. The molecule has 1 heterocycles. The number of hydrogen-bond donors (Lipinski definition) is 0. The molecule has 4 nitrogen and oxygen atoms in total. The minimum Gasteiger partial charge on any atom is -0.469 e. The standard InChI is InChI=1S/C11H19NO3/c1-4-5-10(13)12-6-8(2)9(7-12)11(14)15-3/h8-9H,4-7H2,1-3H3. The van der Waals surface area contributed by atoms with Gasteiger partial charge in [0.05, 0.1) is 13.0 Å². The van der Waals surface area contributed by atoms with Crippen LogP contribution in [0.15, 0.2) is 0 Å². The molecule has 1 saturated heterocycles. The summed E-state index contributed by atoms with van der Waals surface area (Å²) in [5.41, 5.74) is 0. The molecule has 0 radical (unpaired) electrons. The van der Waals surface area contributed by atoms with Crippen molar-refractivity contribution >= 4 is 11.9 Å². The highest BCUT2D eigenvalue weighted by Gasteiger charge is 2.37. The van der Waals surface area contributed by atoms with E-state index >= 15 is 0 Å². The van der Waals surface area contributed by atoms with Gasteiger partial charge in [0, 0.05) is 19.5 Å². The lowest BCUT2D eigenvalue weighted by atomic mass is 9.99. The van der Waals surface area contributed by atoms with Crippen molar-refractivity contribution in [3.63, 3.8) is 0 Å². The third-order valence-electron chi connectivity index (χ3n) is 2.93. The number of carbonyl (C=O) groups excluding carboxylic acids is 2. The van der Waals surface area contributed by atoms with Crippen LogP contribution in [0, 0.1) is 11.8 Å². The van der Waals surface area contributed by atoms with E-state index in [0.29, 0.717) is 19.5 Å². The Hall–Kier alpha value is -1.06. The Morgan fingerprint density at radius 1 is 1.40 bits per heavy atom. The summed E-state index contributed by atoms with van der Waals surface area (Å²) in [6.45, 7) is 5.17. The second-order valence-corrected chi connectivity index (χ2v) is 4.16. The van der Waals surface area contributed by atoms with Gasteiger partial charge in [-0.15, -0.1) is 0 Å². The molecule has 0 saturated carbocycles. The number of nitrogens with zero attached hydrogens (tertiary/aromatic N) is 1. The van der Waals surface area contributed by atoms with Crippen LogP contribution in [0.1, 0.15) is 26.7 Å². The van der Waals surface area contributed by atoms with Crippen LogP contribution < -0.4 is 0 Å². The first-order valence-corrected chi connectivity index (χ1v) is 5.45. The van der Waals surface area contributed by atoms with E-state index in [9.17, 15) is 9.59 Å². The molecule has 1 amide bonds. The van der Waals surface area contributed by atoms with Crippen molar-refractivity contribution in [3.05, 3.63) is 0 Å². The summed E-state index contributed by atoms with van der Waals surface area (Å²) in [5.74, 6) is 0.0131. The van der Waals surface area contributed by atoms with E-state index in [1.165, 1.54) is 7.11 Å². The Morgan fingerprint density at radius 2 is 2.07 bits per heavy atom. The monoisotopic (exact) mass is 213 g/mol. The van der Waals surface area contributed by atoms with Crippen molar-refractivity contribution < 1.29 is 14.3 Å². The second-order valence-electron chi connectivity index (χ2n) is 4.16. The van der Waals surface area contributed by atoms with Crippen LogP contribution in [0.2, 0.25) is 0 Å². The number of carbonyl (C=O) groups is 2. The smallest absolute Gasteiger partial charge is 0.310 e. The normalized spacial score (nSPS) is 25.4. The number of likely N-dealkylation sites (tertiary alicyclic amines) is 1. The van der Waals surface area contributed by atoms with Crippen LogP contribution in [-0.2, 0) is 14.3 Å². The maximum atomic E-state index is 11.6. The van der Waals surface area contributed by atoms with Crippen molar-refractivity contribution in [2.45, 2.75) is 26.7 Å². The van der Waals surface area contributed by atoms with Gasteiger partial charge >= 0.3 is 5.97 Å². The van der Waals surface area contributed by atoms with Crippen LogP contribution in [0.5, 0.6) is 0 Å². The van der Waals surface area contributed by atoms with Gasteiger partial charge in [-0.2, -0.15) is 0 Å². The highest BCUT2D eigenvalue weighted by atomic mass is 16.5. The Morgan fingerprint density at radius 3 is 2.60 bits per heavy atom. The highest BCUT2D eigenvalue weighted by molar-refractivity contribution is 5.79. The highest BCUT2D eigenvalue weighted by Crippen LogP contribution is 2.24. The van der Waals surface area contributed by atoms with Crippen LogP contribution >= 0.6 is 0 Å². The zero-order valence-electron chi connectivity index (χ0n) is 9.66. The van der Waals surface area contributed by atoms with Crippen molar-refractivity contribution in [3.8, 4) is 0 Å². The Kier molecular flexibility index (Phi) is 4.12.